The Labute approximate surface area is 177 Å². The van der Waals surface area contributed by atoms with Crippen molar-refractivity contribution >= 4 is 37.3 Å². The highest BCUT2D eigenvalue weighted by Crippen LogP contribution is 2.41. The van der Waals surface area contributed by atoms with Gasteiger partial charge in [-0.25, -0.2) is 4.98 Å². The van der Waals surface area contributed by atoms with Crippen LogP contribution < -0.4 is 4.74 Å². The van der Waals surface area contributed by atoms with Crippen LogP contribution in [0.15, 0.2) is 91.0 Å². The number of imidazole rings is 1. The molecule has 0 aliphatic rings. The SMILES string of the molecule is COc1ccc2c(c1)sc1nc(-c3ccccc3)c(-c3cccc4ccccc34)n12. The lowest BCUT2D eigenvalue weighted by atomic mass is 9.99. The Kier molecular flexibility index (Phi) is 3.86. The average molecular weight is 407 g/mol. The van der Waals surface area contributed by atoms with Gasteiger partial charge in [0, 0.05) is 11.1 Å². The molecule has 0 N–H and O–H groups in total. The number of hydrogen-bond acceptors (Lipinski definition) is 3. The molecule has 3 nitrogen and oxygen atoms in total. The van der Waals surface area contributed by atoms with E-state index in [1.54, 1.807) is 18.4 Å². The van der Waals surface area contributed by atoms with Crippen molar-refractivity contribution in [1.82, 2.24) is 9.38 Å². The smallest absolute Gasteiger partial charge is 0.195 e. The first-order chi connectivity index (χ1) is 14.8. The molecule has 0 spiro atoms. The number of rotatable bonds is 3. The first-order valence-electron chi connectivity index (χ1n) is 9.86. The minimum absolute atomic E-state index is 0.863. The lowest BCUT2D eigenvalue weighted by Crippen LogP contribution is -1.91. The largest absolute Gasteiger partial charge is 0.497 e. The zero-order valence-electron chi connectivity index (χ0n) is 16.4. The number of benzene rings is 4. The Bertz CT molecular complexity index is 1520. The van der Waals surface area contributed by atoms with Crippen molar-refractivity contribution in [3.05, 3.63) is 91.0 Å². The molecule has 0 amide bonds. The molecule has 30 heavy (non-hydrogen) atoms. The van der Waals surface area contributed by atoms with Crippen LogP contribution in [0.3, 0.4) is 0 Å². The second-order valence-corrected chi connectivity index (χ2v) is 8.26. The van der Waals surface area contributed by atoms with Gasteiger partial charge in [0.15, 0.2) is 4.96 Å². The van der Waals surface area contributed by atoms with Crippen molar-refractivity contribution in [3.63, 3.8) is 0 Å². The van der Waals surface area contributed by atoms with Gasteiger partial charge in [0.05, 0.1) is 28.7 Å². The number of nitrogens with zero attached hydrogens (tertiary/aromatic N) is 2. The molecular weight excluding hydrogens is 388 g/mol. The standard InChI is InChI=1S/C26H18N2OS/c1-29-19-14-15-22-23(16-19)30-26-27-24(18-9-3-2-4-10-18)25(28(22)26)21-13-7-11-17-8-5-6-12-20(17)21/h2-16H,1H3. The summed E-state index contributed by atoms with van der Waals surface area (Å²) in [5.74, 6) is 0.863. The van der Waals surface area contributed by atoms with Crippen LogP contribution in [-0.2, 0) is 0 Å². The summed E-state index contributed by atoms with van der Waals surface area (Å²) in [6.45, 7) is 0. The van der Waals surface area contributed by atoms with Gasteiger partial charge < -0.3 is 4.74 Å². The predicted octanol–water partition coefficient (Wildman–Crippen LogP) is 7.04. The van der Waals surface area contributed by atoms with Crippen molar-refractivity contribution in [3.8, 4) is 28.3 Å². The fourth-order valence-electron chi connectivity index (χ4n) is 4.16. The van der Waals surface area contributed by atoms with Crippen LogP contribution in [0, 0.1) is 0 Å². The van der Waals surface area contributed by atoms with Gasteiger partial charge in [0.2, 0.25) is 0 Å². The molecule has 0 radical (unpaired) electrons. The Morgan fingerprint density at radius 3 is 2.50 bits per heavy atom. The van der Waals surface area contributed by atoms with E-state index in [2.05, 4.69) is 83.3 Å². The highest BCUT2D eigenvalue weighted by molar-refractivity contribution is 7.23. The molecule has 0 unspecified atom stereocenters. The van der Waals surface area contributed by atoms with E-state index in [0.29, 0.717) is 0 Å². The number of ether oxygens (including phenoxy) is 1. The van der Waals surface area contributed by atoms with Crippen LogP contribution >= 0.6 is 11.3 Å². The number of hydrogen-bond donors (Lipinski definition) is 0. The van der Waals surface area contributed by atoms with Gasteiger partial charge >= 0.3 is 0 Å². The first-order valence-corrected chi connectivity index (χ1v) is 10.7. The third-order valence-electron chi connectivity index (χ3n) is 5.55. The van der Waals surface area contributed by atoms with Gasteiger partial charge in [-0.1, -0.05) is 84.1 Å². The van der Waals surface area contributed by atoms with E-state index in [1.807, 2.05) is 12.1 Å². The molecule has 144 valence electrons. The molecule has 2 heterocycles. The summed E-state index contributed by atoms with van der Waals surface area (Å²) in [7, 11) is 1.70. The molecule has 2 aromatic heterocycles. The average Bonchev–Trinajstić information content (AvgIpc) is 3.34. The van der Waals surface area contributed by atoms with E-state index >= 15 is 0 Å². The van der Waals surface area contributed by atoms with Crippen LogP contribution in [0.4, 0.5) is 0 Å². The normalized spacial score (nSPS) is 11.5. The number of thiazole rings is 1. The maximum Gasteiger partial charge on any atom is 0.195 e. The van der Waals surface area contributed by atoms with Gasteiger partial charge in [-0.15, -0.1) is 0 Å². The molecule has 6 rings (SSSR count). The molecule has 4 aromatic carbocycles. The van der Waals surface area contributed by atoms with Crippen molar-refractivity contribution in [2.75, 3.05) is 7.11 Å². The minimum atomic E-state index is 0.863. The lowest BCUT2D eigenvalue weighted by Gasteiger charge is -2.10. The summed E-state index contributed by atoms with van der Waals surface area (Å²) in [6.07, 6.45) is 0. The van der Waals surface area contributed by atoms with Gasteiger partial charge in [0.1, 0.15) is 5.75 Å². The van der Waals surface area contributed by atoms with E-state index in [0.717, 1.165) is 37.9 Å². The van der Waals surface area contributed by atoms with Gasteiger partial charge in [-0.2, -0.15) is 0 Å². The summed E-state index contributed by atoms with van der Waals surface area (Å²) in [5.41, 5.74) is 5.60. The number of aromatic nitrogens is 2. The molecule has 0 aliphatic carbocycles. The highest BCUT2D eigenvalue weighted by atomic mass is 32.1. The van der Waals surface area contributed by atoms with Gasteiger partial charge in [0.25, 0.3) is 0 Å². The zero-order chi connectivity index (χ0) is 20.1. The maximum absolute atomic E-state index is 5.44. The predicted molar refractivity (Wildman–Crippen MR) is 126 cm³/mol. The summed E-state index contributed by atoms with van der Waals surface area (Å²) in [5, 5.41) is 2.46. The van der Waals surface area contributed by atoms with Crippen LogP contribution in [0.1, 0.15) is 0 Å². The Balaban J connectivity index is 1.77. The van der Waals surface area contributed by atoms with Crippen molar-refractivity contribution < 1.29 is 4.74 Å². The molecular formula is C26H18N2OS. The topological polar surface area (TPSA) is 26.5 Å². The van der Waals surface area contributed by atoms with Crippen molar-refractivity contribution in [2.45, 2.75) is 0 Å². The molecule has 0 atom stereocenters. The Hall–Kier alpha value is -3.63. The molecule has 0 saturated heterocycles. The van der Waals surface area contributed by atoms with Gasteiger partial charge in [-0.05, 0) is 29.0 Å². The summed E-state index contributed by atoms with van der Waals surface area (Å²) in [4.78, 5) is 6.09. The molecule has 6 aromatic rings. The summed E-state index contributed by atoms with van der Waals surface area (Å²) in [6, 6.07) is 31.7. The monoisotopic (exact) mass is 406 g/mol. The Morgan fingerprint density at radius 2 is 1.63 bits per heavy atom. The molecule has 0 saturated carbocycles. The van der Waals surface area contributed by atoms with E-state index < -0.39 is 0 Å². The van der Waals surface area contributed by atoms with Crippen LogP contribution in [-0.4, -0.2) is 16.5 Å². The maximum atomic E-state index is 5.44. The van der Waals surface area contributed by atoms with Crippen LogP contribution in [0.25, 0.3) is 48.5 Å². The Morgan fingerprint density at radius 1 is 0.833 bits per heavy atom. The lowest BCUT2D eigenvalue weighted by molar-refractivity contribution is 0.415. The summed E-state index contributed by atoms with van der Waals surface area (Å²) < 4.78 is 8.90. The third kappa shape index (κ3) is 2.54. The van der Waals surface area contributed by atoms with Crippen molar-refractivity contribution in [1.29, 1.82) is 0 Å². The zero-order valence-corrected chi connectivity index (χ0v) is 17.2. The fourth-order valence-corrected chi connectivity index (χ4v) is 5.21. The van der Waals surface area contributed by atoms with Crippen LogP contribution in [0.2, 0.25) is 0 Å². The second kappa shape index (κ2) is 6.71. The second-order valence-electron chi connectivity index (χ2n) is 7.26. The van der Waals surface area contributed by atoms with Crippen LogP contribution in [0.5, 0.6) is 5.75 Å². The molecule has 0 bridgehead atoms. The third-order valence-corrected chi connectivity index (χ3v) is 6.55. The number of fused-ring (bicyclic) bond motifs is 4. The molecule has 0 aliphatic heterocycles. The number of methoxy groups -OCH3 is 1. The highest BCUT2D eigenvalue weighted by Gasteiger charge is 2.21. The molecule has 0 fully saturated rings. The van der Waals surface area contributed by atoms with Crippen molar-refractivity contribution in [2.24, 2.45) is 0 Å². The van der Waals surface area contributed by atoms with E-state index in [4.69, 9.17) is 9.72 Å². The van der Waals surface area contributed by atoms with Gasteiger partial charge in [-0.3, -0.25) is 4.40 Å². The first kappa shape index (κ1) is 17.2. The fraction of sp³-hybridized carbons (Fsp3) is 0.0385. The van der Waals surface area contributed by atoms with E-state index in [9.17, 15) is 0 Å². The van der Waals surface area contributed by atoms with E-state index in [-0.39, 0.29) is 0 Å². The minimum Gasteiger partial charge on any atom is -0.497 e. The quantitative estimate of drug-likeness (QED) is 0.315. The molecule has 4 heteroatoms. The summed E-state index contributed by atoms with van der Waals surface area (Å²) >= 11 is 1.69. The van der Waals surface area contributed by atoms with E-state index in [1.165, 1.54) is 16.3 Å².